The lowest BCUT2D eigenvalue weighted by atomic mass is 9.82. The van der Waals surface area contributed by atoms with Gasteiger partial charge in [-0.2, -0.15) is 0 Å². The maximum atomic E-state index is 12.8. The number of aliphatic carboxylic acids is 1. The molecular formula is C17H18FNO3. The highest BCUT2D eigenvalue weighted by Crippen LogP contribution is 2.48. The van der Waals surface area contributed by atoms with Gasteiger partial charge in [-0.1, -0.05) is 24.3 Å². The lowest BCUT2D eigenvalue weighted by molar-refractivity contribution is -0.147. The zero-order chi connectivity index (χ0) is 15.7. The van der Waals surface area contributed by atoms with Crippen LogP contribution >= 0.6 is 0 Å². The normalized spacial score (nSPS) is 28.8. The van der Waals surface area contributed by atoms with E-state index in [-0.39, 0.29) is 23.6 Å². The predicted molar refractivity (Wildman–Crippen MR) is 78.5 cm³/mol. The number of allylic oxidation sites excluding steroid dienone is 2. The minimum atomic E-state index is -0.893. The van der Waals surface area contributed by atoms with Crippen LogP contribution in [0.4, 0.5) is 4.39 Å². The van der Waals surface area contributed by atoms with E-state index in [4.69, 9.17) is 0 Å². The van der Waals surface area contributed by atoms with Gasteiger partial charge in [-0.15, -0.1) is 0 Å². The van der Waals surface area contributed by atoms with E-state index in [0.29, 0.717) is 13.0 Å². The van der Waals surface area contributed by atoms with Gasteiger partial charge in [-0.3, -0.25) is 9.59 Å². The fourth-order valence-corrected chi connectivity index (χ4v) is 3.62. The number of rotatable bonds is 5. The first-order chi connectivity index (χ1) is 10.6. The molecule has 116 valence electrons. The van der Waals surface area contributed by atoms with Crippen molar-refractivity contribution >= 4 is 11.9 Å². The summed E-state index contributed by atoms with van der Waals surface area (Å²) in [4.78, 5) is 23.7. The zero-order valence-corrected chi connectivity index (χ0v) is 12.0. The largest absolute Gasteiger partial charge is 0.481 e. The molecule has 4 unspecified atom stereocenters. The van der Waals surface area contributed by atoms with Crippen molar-refractivity contribution in [3.63, 3.8) is 0 Å². The third-order valence-electron chi connectivity index (χ3n) is 4.67. The van der Waals surface area contributed by atoms with Crippen molar-refractivity contribution < 1.29 is 19.1 Å². The quantitative estimate of drug-likeness (QED) is 0.818. The fraction of sp³-hybridized carbons (Fsp3) is 0.412. The standard InChI is InChI=1S/C17H18FNO3/c18-13-5-1-10(2-6-13)7-8-19-16(20)14-11-3-4-12(9-11)15(14)17(21)22/h1-6,11-12,14-15H,7-9H2,(H,19,20)(H,21,22). The van der Waals surface area contributed by atoms with Crippen molar-refractivity contribution in [3.05, 3.63) is 47.8 Å². The minimum Gasteiger partial charge on any atom is -0.481 e. The Morgan fingerprint density at radius 1 is 1.14 bits per heavy atom. The molecule has 2 bridgehead atoms. The third kappa shape index (κ3) is 2.75. The van der Waals surface area contributed by atoms with Crippen molar-refractivity contribution in [2.45, 2.75) is 12.8 Å². The number of carbonyl (C=O) groups excluding carboxylic acids is 1. The number of nitrogens with one attached hydrogen (secondary N) is 1. The summed E-state index contributed by atoms with van der Waals surface area (Å²) in [5.74, 6) is -2.43. The molecule has 0 aliphatic heterocycles. The number of amides is 1. The van der Waals surface area contributed by atoms with Gasteiger partial charge < -0.3 is 10.4 Å². The van der Waals surface area contributed by atoms with Crippen LogP contribution in [0.15, 0.2) is 36.4 Å². The molecule has 2 N–H and O–H groups in total. The van der Waals surface area contributed by atoms with Crippen LogP contribution in [0, 0.1) is 29.5 Å². The predicted octanol–water partition coefficient (Wildman–Crippen LogP) is 2.01. The number of hydrogen-bond donors (Lipinski definition) is 2. The van der Waals surface area contributed by atoms with Gasteiger partial charge in [0.2, 0.25) is 5.91 Å². The van der Waals surface area contributed by atoms with Crippen molar-refractivity contribution in [2.24, 2.45) is 23.7 Å². The molecule has 0 saturated heterocycles. The van der Waals surface area contributed by atoms with Gasteiger partial charge in [0.15, 0.2) is 0 Å². The van der Waals surface area contributed by atoms with Crippen molar-refractivity contribution in [2.75, 3.05) is 6.54 Å². The molecule has 0 spiro atoms. The summed E-state index contributed by atoms with van der Waals surface area (Å²) in [6.45, 7) is 0.425. The maximum absolute atomic E-state index is 12.8. The summed E-state index contributed by atoms with van der Waals surface area (Å²) in [7, 11) is 0. The zero-order valence-electron chi connectivity index (χ0n) is 12.0. The number of fused-ring (bicyclic) bond motifs is 2. The van der Waals surface area contributed by atoms with E-state index in [1.165, 1.54) is 12.1 Å². The number of benzene rings is 1. The van der Waals surface area contributed by atoms with Gasteiger partial charge in [0, 0.05) is 6.54 Å². The summed E-state index contributed by atoms with van der Waals surface area (Å²) < 4.78 is 12.8. The van der Waals surface area contributed by atoms with Crippen molar-refractivity contribution in [1.82, 2.24) is 5.32 Å². The third-order valence-corrected chi connectivity index (χ3v) is 4.67. The van der Waals surface area contributed by atoms with Crippen molar-refractivity contribution in [1.29, 1.82) is 0 Å². The van der Waals surface area contributed by atoms with Gasteiger partial charge in [0.1, 0.15) is 5.82 Å². The summed E-state index contributed by atoms with van der Waals surface area (Å²) in [6.07, 6.45) is 5.24. The first-order valence-corrected chi connectivity index (χ1v) is 7.49. The van der Waals surface area contributed by atoms with Crippen LogP contribution < -0.4 is 5.32 Å². The summed E-state index contributed by atoms with van der Waals surface area (Å²) in [5, 5.41) is 12.2. The molecule has 4 nitrogen and oxygen atoms in total. The van der Waals surface area contributed by atoms with E-state index < -0.39 is 17.8 Å². The Morgan fingerprint density at radius 2 is 1.77 bits per heavy atom. The number of carbonyl (C=O) groups is 2. The van der Waals surface area contributed by atoms with Crippen molar-refractivity contribution in [3.8, 4) is 0 Å². The van der Waals surface area contributed by atoms with E-state index in [1.807, 2.05) is 12.2 Å². The van der Waals surface area contributed by atoms with Gasteiger partial charge in [-0.05, 0) is 42.4 Å². The number of hydrogen-bond acceptors (Lipinski definition) is 2. The Hall–Kier alpha value is -2.17. The molecule has 1 saturated carbocycles. The molecule has 0 heterocycles. The molecule has 1 fully saturated rings. The lowest BCUT2D eigenvalue weighted by Crippen LogP contribution is -2.40. The van der Waals surface area contributed by atoms with Crippen LogP contribution in [-0.2, 0) is 16.0 Å². The van der Waals surface area contributed by atoms with Gasteiger partial charge in [0.05, 0.1) is 11.8 Å². The Bertz CT molecular complexity index is 611. The molecule has 22 heavy (non-hydrogen) atoms. The number of carboxylic acids is 1. The van der Waals surface area contributed by atoms with Crippen LogP contribution in [0.3, 0.4) is 0 Å². The molecule has 1 aromatic rings. The van der Waals surface area contributed by atoms with Crippen LogP contribution in [0.5, 0.6) is 0 Å². The SMILES string of the molecule is O=C(O)C1C2C=CC(C2)C1C(=O)NCCc1ccc(F)cc1. The minimum absolute atomic E-state index is 0.0182. The fourth-order valence-electron chi connectivity index (χ4n) is 3.62. The van der Waals surface area contributed by atoms with Crippen LogP contribution in [0.25, 0.3) is 0 Å². The maximum Gasteiger partial charge on any atom is 0.307 e. The van der Waals surface area contributed by atoms with Crippen LogP contribution in [-0.4, -0.2) is 23.5 Å². The first-order valence-electron chi connectivity index (χ1n) is 7.49. The van der Waals surface area contributed by atoms with E-state index in [2.05, 4.69) is 5.32 Å². The molecule has 5 heteroatoms. The second-order valence-corrected chi connectivity index (χ2v) is 6.01. The molecule has 1 aromatic carbocycles. The van der Waals surface area contributed by atoms with Gasteiger partial charge >= 0.3 is 5.97 Å². The summed E-state index contributed by atoms with van der Waals surface area (Å²) in [6, 6.07) is 6.14. The van der Waals surface area contributed by atoms with E-state index in [9.17, 15) is 19.1 Å². The molecule has 2 aliphatic carbocycles. The van der Waals surface area contributed by atoms with E-state index >= 15 is 0 Å². The lowest BCUT2D eigenvalue weighted by Gasteiger charge is -2.23. The highest BCUT2D eigenvalue weighted by Gasteiger charge is 2.51. The summed E-state index contributed by atoms with van der Waals surface area (Å²) >= 11 is 0. The highest BCUT2D eigenvalue weighted by atomic mass is 19.1. The summed E-state index contributed by atoms with van der Waals surface area (Å²) in [5.41, 5.74) is 0.935. The molecule has 2 aliphatic rings. The second kappa shape index (κ2) is 5.91. The van der Waals surface area contributed by atoms with Gasteiger partial charge in [-0.25, -0.2) is 4.39 Å². The molecule has 0 aromatic heterocycles. The molecular weight excluding hydrogens is 285 g/mol. The van der Waals surface area contributed by atoms with E-state index in [1.54, 1.807) is 12.1 Å². The Balaban J connectivity index is 1.56. The van der Waals surface area contributed by atoms with Gasteiger partial charge in [0.25, 0.3) is 0 Å². The average molecular weight is 303 g/mol. The Morgan fingerprint density at radius 3 is 2.41 bits per heavy atom. The number of halogens is 1. The topological polar surface area (TPSA) is 66.4 Å². The van der Waals surface area contributed by atoms with E-state index in [0.717, 1.165) is 12.0 Å². The monoisotopic (exact) mass is 303 g/mol. The molecule has 3 rings (SSSR count). The smallest absolute Gasteiger partial charge is 0.307 e. The number of carboxylic acid groups (broad SMARTS) is 1. The van der Waals surface area contributed by atoms with Crippen LogP contribution in [0.1, 0.15) is 12.0 Å². The first kappa shape index (κ1) is 14.8. The molecule has 4 atom stereocenters. The highest BCUT2D eigenvalue weighted by molar-refractivity contribution is 5.86. The molecule has 1 amide bonds. The molecule has 0 radical (unpaired) electrons. The Labute approximate surface area is 128 Å². The Kier molecular flexibility index (Phi) is 3.96. The average Bonchev–Trinajstić information content (AvgIpc) is 3.09. The van der Waals surface area contributed by atoms with Crippen LogP contribution in [0.2, 0.25) is 0 Å². The second-order valence-electron chi connectivity index (χ2n) is 6.01.